The molecule has 0 bridgehead atoms. The van der Waals surface area contributed by atoms with Gasteiger partial charge in [0, 0.05) is 11.8 Å². The highest BCUT2D eigenvalue weighted by molar-refractivity contribution is 7.09. The summed E-state index contributed by atoms with van der Waals surface area (Å²) >= 11 is 1.38. The largest absolute Gasteiger partial charge is 0.464 e. The molecule has 0 saturated carbocycles. The molecule has 7 heteroatoms. The van der Waals surface area contributed by atoms with E-state index in [0.29, 0.717) is 18.7 Å². The summed E-state index contributed by atoms with van der Waals surface area (Å²) in [6.07, 6.45) is 0.644. The van der Waals surface area contributed by atoms with Crippen LogP contribution in [0.1, 0.15) is 29.3 Å². The summed E-state index contributed by atoms with van der Waals surface area (Å²) < 4.78 is 4.80. The normalized spacial score (nSPS) is 11.9. The molecule has 1 unspecified atom stereocenters. The smallest absolute Gasteiger partial charge is 0.328 e. The van der Waals surface area contributed by atoms with Crippen molar-refractivity contribution in [2.24, 2.45) is 5.73 Å². The Morgan fingerprint density at radius 1 is 1.61 bits per heavy atom. The number of nitrogens with zero attached hydrogens (tertiary/aromatic N) is 1. The molecule has 1 amide bonds. The third kappa shape index (κ3) is 4.08. The average Bonchev–Trinajstić information content (AvgIpc) is 2.78. The van der Waals surface area contributed by atoms with Crippen LogP contribution in [0.2, 0.25) is 0 Å². The average molecular weight is 271 g/mol. The minimum Gasteiger partial charge on any atom is -0.464 e. The number of carbonyl (C=O) groups excluding carboxylic acids is 2. The number of hydrogen-bond acceptors (Lipinski definition) is 6. The van der Waals surface area contributed by atoms with E-state index in [2.05, 4.69) is 10.3 Å². The summed E-state index contributed by atoms with van der Waals surface area (Å²) in [6, 6.07) is -0.683. The Hall–Kier alpha value is -1.47. The van der Waals surface area contributed by atoms with E-state index in [1.165, 1.54) is 11.3 Å². The fourth-order valence-electron chi connectivity index (χ4n) is 1.25. The first-order valence-electron chi connectivity index (χ1n) is 5.70. The molecule has 0 aliphatic rings. The molecule has 0 spiro atoms. The lowest BCUT2D eigenvalue weighted by atomic mass is 10.3. The number of rotatable bonds is 6. The first-order valence-corrected chi connectivity index (χ1v) is 6.58. The van der Waals surface area contributed by atoms with Crippen molar-refractivity contribution in [3.05, 3.63) is 16.1 Å². The van der Waals surface area contributed by atoms with Crippen LogP contribution >= 0.6 is 11.3 Å². The Morgan fingerprint density at radius 3 is 2.94 bits per heavy atom. The second kappa shape index (κ2) is 7.07. The SMILES string of the molecule is CCOC(=O)C(C)NC(=O)c1csc(CCN)n1. The highest BCUT2D eigenvalue weighted by atomic mass is 32.1. The van der Waals surface area contributed by atoms with Gasteiger partial charge in [-0.25, -0.2) is 9.78 Å². The van der Waals surface area contributed by atoms with Gasteiger partial charge in [-0.1, -0.05) is 0 Å². The van der Waals surface area contributed by atoms with Gasteiger partial charge in [-0.15, -0.1) is 11.3 Å². The van der Waals surface area contributed by atoms with Crippen molar-refractivity contribution in [1.82, 2.24) is 10.3 Å². The van der Waals surface area contributed by atoms with Crippen LogP contribution in [-0.4, -0.2) is 36.1 Å². The molecule has 1 heterocycles. The van der Waals surface area contributed by atoms with Crippen molar-refractivity contribution in [3.63, 3.8) is 0 Å². The summed E-state index contributed by atoms with van der Waals surface area (Å²) in [6.45, 7) is 4.07. The fraction of sp³-hybridized carbons (Fsp3) is 0.545. The van der Waals surface area contributed by atoms with E-state index in [1.807, 2.05) is 0 Å². The lowest BCUT2D eigenvalue weighted by Crippen LogP contribution is -2.39. The van der Waals surface area contributed by atoms with Gasteiger partial charge < -0.3 is 15.8 Å². The van der Waals surface area contributed by atoms with Crippen molar-refractivity contribution in [1.29, 1.82) is 0 Å². The Bertz CT molecular complexity index is 419. The van der Waals surface area contributed by atoms with Crippen LogP contribution < -0.4 is 11.1 Å². The standard InChI is InChI=1S/C11H17N3O3S/c1-3-17-11(16)7(2)13-10(15)8-6-18-9(14-8)4-5-12/h6-7H,3-5,12H2,1-2H3,(H,13,15). The van der Waals surface area contributed by atoms with Gasteiger partial charge in [0.15, 0.2) is 0 Å². The molecule has 3 N–H and O–H groups in total. The molecule has 0 aromatic carbocycles. The van der Waals surface area contributed by atoms with Crippen LogP contribution in [0.25, 0.3) is 0 Å². The molecule has 0 fully saturated rings. The highest BCUT2D eigenvalue weighted by Gasteiger charge is 2.19. The predicted octanol–water partition coefficient (Wildman–Crippen LogP) is 0.326. The molecule has 0 saturated heterocycles. The molecular weight excluding hydrogens is 254 g/mol. The molecule has 1 aromatic heterocycles. The quantitative estimate of drug-likeness (QED) is 0.727. The van der Waals surface area contributed by atoms with Gasteiger partial charge in [0.25, 0.3) is 5.91 Å². The Morgan fingerprint density at radius 2 is 2.33 bits per heavy atom. The van der Waals surface area contributed by atoms with Crippen molar-refractivity contribution in [2.75, 3.05) is 13.2 Å². The maximum Gasteiger partial charge on any atom is 0.328 e. The lowest BCUT2D eigenvalue weighted by molar-refractivity contribution is -0.144. The van der Waals surface area contributed by atoms with E-state index in [4.69, 9.17) is 10.5 Å². The van der Waals surface area contributed by atoms with Crippen molar-refractivity contribution < 1.29 is 14.3 Å². The Kier molecular flexibility index (Phi) is 5.73. The van der Waals surface area contributed by atoms with E-state index in [9.17, 15) is 9.59 Å². The molecular formula is C11H17N3O3S. The molecule has 100 valence electrons. The lowest BCUT2D eigenvalue weighted by Gasteiger charge is -2.11. The first kappa shape index (κ1) is 14.6. The summed E-state index contributed by atoms with van der Waals surface area (Å²) in [7, 11) is 0. The number of esters is 1. The van der Waals surface area contributed by atoms with E-state index < -0.39 is 12.0 Å². The topological polar surface area (TPSA) is 94.3 Å². The third-order valence-electron chi connectivity index (χ3n) is 2.13. The maximum absolute atomic E-state index is 11.8. The number of carbonyl (C=O) groups is 2. The van der Waals surface area contributed by atoms with Gasteiger partial charge in [0.05, 0.1) is 11.6 Å². The zero-order chi connectivity index (χ0) is 13.5. The number of ether oxygens (including phenoxy) is 1. The summed E-state index contributed by atoms with van der Waals surface area (Å²) in [5.74, 6) is -0.835. The van der Waals surface area contributed by atoms with Crippen LogP contribution in [0, 0.1) is 0 Å². The number of amides is 1. The van der Waals surface area contributed by atoms with Gasteiger partial charge in [0.2, 0.25) is 0 Å². The van der Waals surface area contributed by atoms with Crippen LogP contribution in [0.5, 0.6) is 0 Å². The van der Waals surface area contributed by atoms with Gasteiger partial charge >= 0.3 is 5.97 Å². The first-order chi connectivity index (χ1) is 8.58. The summed E-state index contributed by atoms with van der Waals surface area (Å²) in [4.78, 5) is 27.3. The summed E-state index contributed by atoms with van der Waals surface area (Å²) in [5, 5.41) is 5.00. The number of thiazole rings is 1. The van der Waals surface area contributed by atoms with Crippen molar-refractivity contribution in [2.45, 2.75) is 26.3 Å². The molecule has 0 aliphatic heterocycles. The van der Waals surface area contributed by atoms with Gasteiger partial charge in [0.1, 0.15) is 11.7 Å². The van der Waals surface area contributed by atoms with E-state index >= 15 is 0 Å². The van der Waals surface area contributed by atoms with Crippen LogP contribution in [0.15, 0.2) is 5.38 Å². The number of nitrogens with two attached hydrogens (primary N) is 1. The van der Waals surface area contributed by atoms with E-state index in [0.717, 1.165) is 5.01 Å². The second-order valence-corrected chi connectivity index (χ2v) is 4.56. The molecule has 18 heavy (non-hydrogen) atoms. The van der Waals surface area contributed by atoms with Gasteiger partial charge in [-0.05, 0) is 20.4 Å². The van der Waals surface area contributed by atoms with Gasteiger partial charge in [-0.2, -0.15) is 0 Å². The van der Waals surface area contributed by atoms with E-state index in [1.54, 1.807) is 19.2 Å². The highest BCUT2D eigenvalue weighted by Crippen LogP contribution is 2.10. The molecule has 0 radical (unpaired) electrons. The Balaban J connectivity index is 2.56. The minimum atomic E-state index is -0.683. The van der Waals surface area contributed by atoms with Gasteiger partial charge in [-0.3, -0.25) is 4.79 Å². The molecule has 1 atom stereocenters. The molecule has 0 aliphatic carbocycles. The number of aromatic nitrogens is 1. The van der Waals surface area contributed by atoms with Crippen molar-refractivity contribution >= 4 is 23.2 Å². The molecule has 1 rings (SSSR count). The Labute approximate surface area is 110 Å². The fourth-order valence-corrected chi connectivity index (χ4v) is 2.04. The van der Waals surface area contributed by atoms with Crippen LogP contribution in [0.4, 0.5) is 0 Å². The number of nitrogens with one attached hydrogen (secondary N) is 1. The third-order valence-corrected chi connectivity index (χ3v) is 3.04. The second-order valence-electron chi connectivity index (χ2n) is 3.61. The number of hydrogen-bond donors (Lipinski definition) is 2. The monoisotopic (exact) mass is 271 g/mol. The zero-order valence-electron chi connectivity index (χ0n) is 10.4. The van der Waals surface area contributed by atoms with Crippen LogP contribution in [-0.2, 0) is 16.0 Å². The maximum atomic E-state index is 11.8. The van der Waals surface area contributed by atoms with Crippen molar-refractivity contribution in [3.8, 4) is 0 Å². The van der Waals surface area contributed by atoms with Crippen LogP contribution in [0.3, 0.4) is 0 Å². The minimum absolute atomic E-state index is 0.288. The molecule has 1 aromatic rings. The zero-order valence-corrected chi connectivity index (χ0v) is 11.3. The molecule has 6 nitrogen and oxygen atoms in total. The summed E-state index contributed by atoms with van der Waals surface area (Å²) in [5.41, 5.74) is 5.71. The van der Waals surface area contributed by atoms with E-state index in [-0.39, 0.29) is 12.5 Å². The predicted molar refractivity (Wildman–Crippen MR) is 68.4 cm³/mol.